The number of aliphatic hydroxyl groups excluding tert-OH is 2. The highest BCUT2D eigenvalue weighted by molar-refractivity contribution is 6.21. The Morgan fingerprint density at radius 3 is 2.28 bits per heavy atom. The zero-order chi connectivity index (χ0) is 44.9. The Bertz CT molecular complexity index is 2300. The lowest BCUT2D eigenvalue weighted by atomic mass is 9.78. The molecule has 0 saturated carbocycles. The van der Waals surface area contributed by atoms with Gasteiger partial charge in [0.1, 0.15) is 34.0 Å². The monoisotopic (exact) mass is 846 g/mol. The number of nitrogens with zero attached hydrogens (tertiary/aromatic N) is 3. The molecule has 6 rings (SSSR count). The number of phenolic OH excluding ortho intramolecular Hbond substituents is 2. The SMILES string of the molecule is COC1/C=C/OC2(C)Oc3c(C)c(O)c4c(O)c(c5c(c4c3C2=O)NC2(CCN(CC(C)C)CC2)N=5)=NC(=O)/C(C)=C\C=C\C(C)C(O)C(C)C(O)C(C)C(OC(C)=O)C1C. The molecule has 4 aliphatic rings. The third kappa shape index (κ3) is 8.54. The van der Waals surface area contributed by atoms with Crippen molar-refractivity contribution in [3.05, 3.63) is 58.0 Å². The van der Waals surface area contributed by atoms with Gasteiger partial charge in [0.15, 0.2) is 5.75 Å². The third-order valence-electron chi connectivity index (χ3n) is 12.9. The summed E-state index contributed by atoms with van der Waals surface area (Å²) in [5.74, 6) is -6.57. The van der Waals surface area contributed by atoms with Crippen LogP contribution in [0.15, 0.2) is 46.1 Å². The second-order valence-corrected chi connectivity index (χ2v) is 18.0. The molecule has 15 heteroatoms. The summed E-state index contributed by atoms with van der Waals surface area (Å²) in [4.78, 5) is 52.9. The molecule has 4 aliphatic heterocycles. The van der Waals surface area contributed by atoms with Crippen LogP contribution >= 0.6 is 0 Å². The molecule has 0 radical (unpaired) electrons. The smallest absolute Gasteiger partial charge is 0.312 e. The van der Waals surface area contributed by atoms with Crippen molar-refractivity contribution in [3.63, 3.8) is 0 Å². The molecule has 1 fully saturated rings. The zero-order valence-electron chi connectivity index (χ0n) is 37.1. The minimum Gasteiger partial charge on any atom is -0.507 e. The Hall–Kier alpha value is -4.83. The van der Waals surface area contributed by atoms with Gasteiger partial charge in [0, 0.05) is 93.6 Å². The predicted molar refractivity (Wildman–Crippen MR) is 228 cm³/mol. The molecule has 1 saturated heterocycles. The van der Waals surface area contributed by atoms with Crippen molar-refractivity contribution >= 4 is 34.1 Å². The maximum Gasteiger partial charge on any atom is 0.312 e. The van der Waals surface area contributed by atoms with Gasteiger partial charge >= 0.3 is 11.8 Å². The number of aliphatic hydroxyl groups is 2. The molecule has 9 unspecified atom stereocenters. The van der Waals surface area contributed by atoms with Crippen LogP contribution in [0.4, 0.5) is 5.69 Å². The van der Waals surface area contributed by atoms with E-state index in [-0.39, 0.29) is 49.7 Å². The second kappa shape index (κ2) is 17.5. The van der Waals surface area contributed by atoms with E-state index in [0.717, 1.165) is 19.6 Å². The molecule has 9 atom stereocenters. The van der Waals surface area contributed by atoms with Gasteiger partial charge in [-0.2, -0.15) is 0 Å². The molecule has 4 heterocycles. The van der Waals surface area contributed by atoms with Crippen LogP contribution in [0.2, 0.25) is 0 Å². The number of rotatable bonds is 4. The van der Waals surface area contributed by atoms with Gasteiger partial charge in [0.2, 0.25) is 0 Å². The maximum absolute atomic E-state index is 14.7. The highest BCUT2D eigenvalue weighted by atomic mass is 16.7. The number of phenols is 2. The summed E-state index contributed by atoms with van der Waals surface area (Å²) in [5, 5.41) is 50.5. The largest absolute Gasteiger partial charge is 0.507 e. The van der Waals surface area contributed by atoms with Gasteiger partial charge < -0.3 is 49.6 Å². The van der Waals surface area contributed by atoms with Gasteiger partial charge in [-0.25, -0.2) is 4.99 Å². The Kier molecular flexibility index (Phi) is 13.1. The Morgan fingerprint density at radius 2 is 1.66 bits per heavy atom. The molecule has 5 N–H and O–H groups in total. The molecular formula is C46H62N4O11. The molecule has 1 spiro atoms. The van der Waals surface area contributed by atoms with E-state index in [1.54, 1.807) is 65.8 Å². The lowest BCUT2D eigenvalue weighted by Crippen LogP contribution is -2.47. The van der Waals surface area contributed by atoms with Gasteiger partial charge in [-0.15, -0.1) is 0 Å². The molecule has 0 aromatic heterocycles. The van der Waals surface area contributed by atoms with E-state index >= 15 is 0 Å². The van der Waals surface area contributed by atoms with E-state index in [9.17, 15) is 34.8 Å². The maximum atomic E-state index is 14.7. The van der Waals surface area contributed by atoms with Gasteiger partial charge in [0.25, 0.3) is 11.7 Å². The first-order valence-corrected chi connectivity index (χ1v) is 21.2. The van der Waals surface area contributed by atoms with Crippen LogP contribution in [0.5, 0.6) is 17.2 Å². The first kappa shape index (κ1) is 45.7. The summed E-state index contributed by atoms with van der Waals surface area (Å²) < 4.78 is 24.0. The number of carbonyl (C=O) groups excluding carboxylic acids is 3. The molecule has 15 nitrogen and oxygen atoms in total. The number of ether oxygens (including phenoxy) is 4. The van der Waals surface area contributed by atoms with Crippen LogP contribution < -0.4 is 20.8 Å². The molecule has 2 aromatic carbocycles. The summed E-state index contributed by atoms with van der Waals surface area (Å²) in [5.41, 5.74) is -0.111. The van der Waals surface area contributed by atoms with Crippen molar-refractivity contribution in [1.29, 1.82) is 0 Å². The fourth-order valence-electron chi connectivity index (χ4n) is 9.24. The second-order valence-electron chi connectivity index (χ2n) is 18.0. The number of likely N-dealkylation sites (tertiary alicyclic amines) is 1. The third-order valence-corrected chi connectivity index (χ3v) is 12.9. The topological polar surface area (TPSA) is 209 Å². The van der Waals surface area contributed by atoms with E-state index in [1.807, 2.05) is 0 Å². The van der Waals surface area contributed by atoms with Crippen molar-refractivity contribution < 1.29 is 53.8 Å². The average Bonchev–Trinajstić information content (AvgIpc) is 3.71. The molecule has 2 aromatic rings. The zero-order valence-corrected chi connectivity index (χ0v) is 37.1. The van der Waals surface area contributed by atoms with E-state index in [0.29, 0.717) is 24.4 Å². The van der Waals surface area contributed by atoms with Crippen LogP contribution in [-0.2, 0) is 23.8 Å². The van der Waals surface area contributed by atoms with E-state index in [4.69, 9.17) is 23.9 Å². The normalized spacial score (nSPS) is 32.7. The highest BCUT2D eigenvalue weighted by Crippen LogP contribution is 2.51. The van der Waals surface area contributed by atoms with Gasteiger partial charge in [-0.05, 0) is 25.8 Å². The van der Waals surface area contributed by atoms with E-state index in [2.05, 4.69) is 29.1 Å². The van der Waals surface area contributed by atoms with Crippen LogP contribution in [-0.4, -0.2) is 106 Å². The standard InChI is InChI=1S/C46H62N4O11/c1-22(2)21-50-18-16-46(17-19-50)48-34-31-32-39(54)28(8)42-33(31)43(56)45(10,61-42)59-20-15-30(58-11)25(5)41(60-29(9)51)27(7)38(53)26(6)37(52)23(3)13-12-14-24(4)44(57)47-36(40(32)55)35(34)49-46/h12-15,20,22-23,25-27,30,37-38,41,48,52-55H,16-19,21H2,1-11H3/b13-12+,20-15+,24-14-,47-36?. The average molecular weight is 847 g/mol. The number of hydrogen-bond acceptors (Lipinski definition) is 14. The Labute approximate surface area is 356 Å². The van der Waals surface area contributed by atoms with Crippen LogP contribution in [0.1, 0.15) is 91.1 Å². The summed E-state index contributed by atoms with van der Waals surface area (Å²) in [6.07, 6.45) is 5.07. The number of Topliss-reactive ketones (excluding diaryl/α,β-unsaturated/α-hetero) is 1. The van der Waals surface area contributed by atoms with Gasteiger partial charge in [-0.3, -0.25) is 19.4 Å². The lowest BCUT2D eigenvalue weighted by molar-refractivity contribution is -0.160. The molecule has 332 valence electrons. The van der Waals surface area contributed by atoms with Crippen LogP contribution in [0, 0.1) is 36.5 Å². The number of aromatic hydroxyl groups is 2. The minimum absolute atomic E-state index is 0.0538. The molecule has 0 aliphatic carbocycles. The fourth-order valence-corrected chi connectivity index (χ4v) is 9.24. The molecule has 61 heavy (non-hydrogen) atoms. The fraction of sp³-hybridized carbons (Fsp3) is 0.587. The number of fused-ring (bicyclic) bond motifs is 1. The first-order valence-electron chi connectivity index (χ1n) is 21.2. The molecule has 1 amide bonds. The number of benzene rings is 2. The van der Waals surface area contributed by atoms with Gasteiger partial charge in [-0.1, -0.05) is 59.8 Å². The first-order chi connectivity index (χ1) is 28.6. The predicted octanol–water partition coefficient (Wildman–Crippen LogP) is 4.75. The van der Waals surface area contributed by atoms with Crippen LogP contribution in [0.25, 0.3) is 10.8 Å². The summed E-state index contributed by atoms with van der Waals surface area (Å²) in [6.45, 7) is 19.6. The number of esters is 1. The number of methoxy groups -OCH3 is 1. The van der Waals surface area contributed by atoms with Gasteiger partial charge in [0.05, 0.1) is 41.2 Å². The van der Waals surface area contributed by atoms with Crippen molar-refractivity contribution in [2.24, 2.45) is 39.6 Å². The van der Waals surface area contributed by atoms with Crippen molar-refractivity contribution in [3.8, 4) is 17.2 Å². The number of ketones is 1. The summed E-state index contributed by atoms with van der Waals surface area (Å²) >= 11 is 0. The number of carbonyl (C=O) groups is 3. The van der Waals surface area contributed by atoms with E-state index in [1.165, 1.54) is 27.2 Å². The number of amides is 1. The van der Waals surface area contributed by atoms with Crippen molar-refractivity contribution in [1.82, 2.24) is 4.90 Å². The lowest BCUT2D eigenvalue weighted by Gasteiger charge is -2.38. The highest BCUT2D eigenvalue weighted by Gasteiger charge is 2.51. The summed E-state index contributed by atoms with van der Waals surface area (Å²) in [6, 6.07) is 0. The van der Waals surface area contributed by atoms with E-state index < -0.39 is 82.9 Å². The summed E-state index contributed by atoms with van der Waals surface area (Å²) in [7, 11) is 1.47. The number of hydrogen-bond donors (Lipinski definition) is 5. The molecular weight excluding hydrogens is 785 g/mol. The number of anilines is 1. The Balaban J connectivity index is 1.55. The van der Waals surface area contributed by atoms with Crippen LogP contribution in [0.3, 0.4) is 0 Å². The number of piperidine rings is 1. The quantitative estimate of drug-likeness (QED) is 0.208. The minimum atomic E-state index is -1.95. The van der Waals surface area contributed by atoms with Crippen molar-refractivity contribution in [2.45, 2.75) is 118 Å². The van der Waals surface area contributed by atoms with Crippen molar-refractivity contribution in [2.75, 3.05) is 32.1 Å². The number of allylic oxidation sites excluding steroid dienone is 2. The number of nitrogens with one attached hydrogen (secondary N) is 1. The molecule has 4 bridgehead atoms. The Morgan fingerprint density at radius 1 is 0.984 bits per heavy atom.